The van der Waals surface area contributed by atoms with Gasteiger partial charge in [-0.3, -0.25) is 9.36 Å². The normalized spacial score (nSPS) is 11.3. The molecule has 0 aliphatic heterocycles. The molecule has 0 aliphatic rings. The van der Waals surface area contributed by atoms with E-state index in [0.29, 0.717) is 26.5 Å². The molecule has 0 aliphatic carbocycles. The number of aryl methyl sites for hydroxylation is 1. The first-order valence-corrected chi connectivity index (χ1v) is 8.06. The molecular weight excluding hydrogens is 347 g/mol. The van der Waals surface area contributed by atoms with Crippen molar-refractivity contribution in [1.82, 2.24) is 24.1 Å². The van der Waals surface area contributed by atoms with Gasteiger partial charge in [0.25, 0.3) is 0 Å². The standard InChI is InChI=1S/C15H11FN6O2S/c1-21-13-10(5-17-15(21)24)22(7-18-13)6-12(23)20-14-19-9-3-2-8(16)4-11(9)25-14/h2-5,7H,6H2,1H3,(H,19,20,23). The molecule has 10 heteroatoms. The van der Waals surface area contributed by atoms with Crippen LogP contribution < -0.4 is 11.0 Å². The van der Waals surface area contributed by atoms with Crippen LogP contribution in [0, 0.1) is 5.82 Å². The van der Waals surface area contributed by atoms with Gasteiger partial charge in [-0.25, -0.2) is 19.2 Å². The van der Waals surface area contributed by atoms with E-state index in [9.17, 15) is 14.0 Å². The third-order valence-corrected chi connectivity index (χ3v) is 4.60. The average molecular weight is 358 g/mol. The number of benzene rings is 1. The second-order valence-electron chi connectivity index (χ2n) is 5.36. The summed E-state index contributed by atoms with van der Waals surface area (Å²) in [5, 5.41) is 3.08. The molecule has 0 bridgehead atoms. The quantitative estimate of drug-likeness (QED) is 0.599. The molecule has 25 heavy (non-hydrogen) atoms. The highest BCUT2D eigenvalue weighted by Gasteiger charge is 2.12. The van der Waals surface area contributed by atoms with Gasteiger partial charge in [0.05, 0.1) is 22.7 Å². The lowest BCUT2D eigenvalue weighted by molar-refractivity contribution is -0.116. The fraction of sp³-hybridized carbons (Fsp3) is 0.133. The van der Waals surface area contributed by atoms with Crippen LogP contribution >= 0.6 is 11.3 Å². The number of amides is 1. The molecule has 4 aromatic rings. The maximum absolute atomic E-state index is 13.2. The molecule has 0 unspecified atom stereocenters. The number of carbonyl (C=O) groups excluding carboxylic acids is 1. The van der Waals surface area contributed by atoms with Crippen LogP contribution in [0.15, 0.2) is 35.5 Å². The van der Waals surface area contributed by atoms with Gasteiger partial charge >= 0.3 is 5.69 Å². The molecule has 0 spiro atoms. The molecule has 3 aromatic heterocycles. The Balaban J connectivity index is 1.57. The van der Waals surface area contributed by atoms with E-state index in [1.165, 1.54) is 40.6 Å². The predicted molar refractivity (Wildman–Crippen MR) is 91.0 cm³/mol. The number of anilines is 1. The second kappa shape index (κ2) is 5.74. The predicted octanol–water partition coefficient (Wildman–Crippen LogP) is 1.52. The smallest absolute Gasteiger partial charge is 0.318 e. The molecule has 0 atom stereocenters. The van der Waals surface area contributed by atoms with Gasteiger partial charge in [0, 0.05) is 7.05 Å². The minimum atomic E-state index is -0.413. The molecule has 1 amide bonds. The Morgan fingerprint density at radius 1 is 1.36 bits per heavy atom. The number of nitrogens with one attached hydrogen (secondary N) is 1. The summed E-state index contributed by atoms with van der Waals surface area (Å²) in [5.74, 6) is -0.662. The molecule has 3 heterocycles. The van der Waals surface area contributed by atoms with Gasteiger partial charge in [-0.2, -0.15) is 4.98 Å². The third kappa shape index (κ3) is 2.76. The summed E-state index contributed by atoms with van der Waals surface area (Å²) in [6.07, 6.45) is 2.86. The Kier molecular flexibility index (Phi) is 3.53. The van der Waals surface area contributed by atoms with Gasteiger partial charge in [-0.05, 0) is 18.2 Å². The van der Waals surface area contributed by atoms with Gasteiger partial charge in [0.1, 0.15) is 17.9 Å². The second-order valence-corrected chi connectivity index (χ2v) is 6.39. The molecule has 1 aromatic carbocycles. The first kappa shape index (κ1) is 15.4. The minimum absolute atomic E-state index is 0.0132. The number of carbonyl (C=O) groups is 1. The van der Waals surface area contributed by atoms with E-state index in [1.54, 1.807) is 17.7 Å². The van der Waals surface area contributed by atoms with Gasteiger partial charge in [0.15, 0.2) is 10.8 Å². The van der Waals surface area contributed by atoms with Crippen molar-refractivity contribution < 1.29 is 9.18 Å². The molecule has 4 rings (SSSR count). The van der Waals surface area contributed by atoms with Crippen LogP contribution in [0.3, 0.4) is 0 Å². The number of aromatic nitrogens is 5. The lowest BCUT2D eigenvalue weighted by Crippen LogP contribution is -2.21. The van der Waals surface area contributed by atoms with Crippen LogP contribution in [-0.2, 0) is 18.4 Å². The summed E-state index contributed by atoms with van der Waals surface area (Å²) in [5.41, 5.74) is 1.23. The highest BCUT2D eigenvalue weighted by Crippen LogP contribution is 2.26. The van der Waals surface area contributed by atoms with Crippen LogP contribution in [0.25, 0.3) is 21.4 Å². The number of hydrogen-bond acceptors (Lipinski definition) is 6. The molecule has 126 valence electrons. The van der Waals surface area contributed by atoms with Crippen LogP contribution in [0.1, 0.15) is 0 Å². The number of nitrogens with zero attached hydrogens (tertiary/aromatic N) is 5. The zero-order valence-electron chi connectivity index (χ0n) is 12.9. The summed E-state index contributed by atoms with van der Waals surface area (Å²) < 4.78 is 16.8. The summed E-state index contributed by atoms with van der Waals surface area (Å²) in [7, 11) is 1.56. The Bertz CT molecular complexity index is 1180. The summed E-state index contributed by atoms with van der Waals surface area (Å²) in [6.45, 7) is -0.0132. The molecule has 0 fully saturated rings. The summed E-state index contributed by atoms with van der Waals surface area (Å²) in [6, 6.07) is 4.26. The van der Waals surface area contributed by atoms with Crippen molar-refractivity contribution in [1.29, 1.82) is 0 Å². The number of thiazole rings is 1. The van der Waals surface area contributed by atoms with Crippen molar-refractivity contribution in [3.05, 3.63) is 47.0 Å². The molecule has 1 N–H and O–H groups in total. The topological polar surface area (TPSA) is 94.7 Å². The first-order chi connectivity index (χ1) is 12.0. The fourth-order valence-electron chi connectivity index (χ4n) is 2.46. The Labute approximate surface area is 143 Å². The van der Waals surface area contributed by atoms with Gasteiger partial charge < -0.3 is 9.88 Å². The zero-order valence-corrected chi connectivity index (χ0v) is 13.7. The van der Waals surface area contributed by atoms with Crippen LogP contribution in [0.2, 0.25) is 0 Å². The van der Waals surface area contributed by atoms with Crippen molar-refractivity contribution >= 4 is 43.8 Å². The van der Waals surface area contributed by atoms with Crippen molar-refractivity contribution in [2.75, 3.05) is 5.32 Å². The third-order valence-electron chi connectivity index (χ3n) is 3.67. The van der Waals surface area contributed by atoms with Crippen molar-refractivity contribution in [2.24, 2.45) is 7.05 Å². The van der Waals surface area contributed by atoms with E-state index < -0.39 is 5.69 Å². The number of fused-ring (bicyclic) bond motifs is 2. The Morgan fingerprint density at radius 2 is 2.20 bits per heavy atom. The van der Waals surface area contributed by atoms with E-state index in [-0.39, 0.29) is 18.3 Å². The summed E-state index contributed by atoms with van der Waals surface area (Å²) in [4.78, 5) is 35.9. The molecule has 0 saturated heterocycles. The van der Waals surface area contributed by atoms with Crippen molar-refractivity contribution in [2.45, 2.75) is 6.54 Å². The largest absolute Gasteiger partial charge is 0.349 e. The van der Waals surface area contributed by atoms with Gasteiger partial charge in [0.2, 0.25) is 5.91 Å². The van der Waals surface area contributed by atoms with Crippen LogP contribution in [-0.4, -0.2) is 30.0 Å². The lowest BCUT2D eigenvalue weighted by Gasteiger charge is -2.04. The maximum Gasteiger partial charge on any atom is 0.349 e. The van der Waals surface area contributed by atoms with E-state index >= 15 is 0 Å². The Morgan fingerprint density at radius 3 is 3.04 bits per heavy atom. The van der Waals surface area contributed by atoms with E-state index in [0.717, 1.165) is 0 Å². The van der Waals surface area contributed by atoms with Gasteiger partial charge in [-0.15, -0.1) is 0 Å². The number of halogens is 1. The van der Waals surface area contributed by atoms with Crippen LogP contribution in [0.4, 0.5) is 9.52 Å². The fourth-order valence-corrected chi connectivity index (χ4v) is 3.36. The zero-order chi connectivity index (χ0) is 17.6. The van der Waals surface area contributed by atoms with Crippen molar-refractivity contribution in [3.8, 4) is 0 Å². The summed E-state index contributed by atoms with van der Waals surface area (Å²) >= 11 is 1.19. The molecule has 0 radical (unpaired) electrons. The minimum Gasteiger partial charge on any atom is -0.318 e. The highest BCUT2D eigenvalue weighted by molar-refractivity contribution is 7.22. The molecule has 8 nitrogen and oxygen atoms in total. The van der Waals surface area contributed by atoms with E-state index in [2.05, 4.69) is 20.3 Å². The number of imidazole rings is 1. The molecular formula is C15H11FN6O2S. The molecule has 0 saturated carbocycles. The Hall–Kier alpha value is -3.14. The number of hydrogen-bond donors (Lipinski definition) is 1. The first-order valence-electron chi connectivity index (χ1n) is 7.24. The highest BCUT2D eigenvalue weighted by atomic mass is 32.1. The van der Waals surface area contributed by atoms with Crippen molar-refractivity contribution in [3.63, 3.8) is 0 Å². The SMILES string of the molecule is Cn1c(=O)ncc2c1ncn2CC(=O)Nc1nc2ccc(F)cc2s1. The van der Waals surface area contributed by atoms with E-state index in [4.69, 9.17) is 0 Å². The van der Waals surface area contributed by atoms with Gasteiger partial charge in [-0.1, -0.05) is 11.3 Å². The average Bonchev–Trinajstić information content (AvgIpc) is 3.14. The maximum atomic E-state index is 13.2. The lowest BCUT2D eigenvalue weighted by atomic mass is 10.3. The monoisotopic (exact) mass is 358 g/mol. The number of rotatable bonds is 3. The van der Waals surface area contributed by atoms with E-state index in [1.807, 2.05) is 0 Å². The van der Waals surface area contributed by atoms with Crippen LogP contribution in [0.5, 0.6) is 0 Å².